The Labute approximate surface area is 102 Å². The molecule has 0 atom stereocenters. The Morgan fingerprint density at radius 3 is 2.41 bits per heavy atom. The first-order valence-corrected chi connectivity index (χ1v) is 5.85. The molecule has 1 aliphatic rings. The SMILES string of the molecule is COCCC1(CNC(=O)C(C)(C)C(=O)O)CC1. The minimum atomic E-state index is -1.36. The Balaban J connectivity index is 2.41. The molecule has 0 spiro atoms. The number of aliphatic carboxylic acids is 1. The van der Waals surface area contributed by atoms with Crippen LogP contribution in [0, 0.1) is 10.8 Å². The number of amides is 1. The van der Waals surface area contributed by atoms with E-state index in [0.717, 1.165) is 19.3 Å². The average Bonchev–Trinajstić information content (AvgIpc) is 3.03. The van der Waals surface area contributed by atoms with Crippen molar-refractivity contribution in [3.63, 3.8) is 0 Å². The maximum atomic E-state index is 11.7. The first kappa shape index (κ1) is 14.0. The van der Waals surface area contributed by atoms with E-state index in [9.17, 15) is 9.59 Å². The van der Waals surface area contributed by atoms with Crippen LogP contribution in [0.2, 0.25) is 0 Å². The van der Waals surface area contributed by atoms with Crippen molar-refractivity contribution in [2.45, 2.75) is 33.1 Å². The number of rotatable bonds is 7. The fourth-order valence-electron chi connectivity index (χ4n) is 1.60. The highest BCUT2D eigenvalue weighted by atomic mass is 16.5. The summed E-state index contributed by atoms with van der Waals surface area (Å²) < 4.78 is 5.02. The van der Waals surface area contributed by atoms with Crippen molar-refractivity contribution in [1.82, 2.24) is 5.32 Å². The number of carbonyl (C=O) groups excluding carboxylic acids is 1. The van der Waals surface area contributed by atoms with Crippen LogP contribution in [0.4, 0.5) is 0 Å². The van der Waals surface area contributed by atoms with Crippen molar-refractivity contribution in [2.75, 3.05) is 20.3 Å². The largest absolute Gasteiger partial charge is 0.480 e. The van der Waals surface area contributed by atoms with E-state index in [2.05, 4.69) is 5.32 Å². The molecular weight excluding hydrogens is 222 g/mol. The second-order valence-electron chi connectivity index (χ2n) is 5.36. The molecule has 0 aromatic heterocycles. The molecule has 98 valence electrons. The van der Waals surface area contributed by atoms with Crippen molar-refractivity contribution < 1.29 is 19.4 Å². The van der Waals surface area contributed by atoms with E-state index in [1.54, 1.807) is 7.11 Å². The van der Waals surface area contributed by atoms with Gasteiger partial charge >= 0.3 is 5.97 Å². The zero-order valence-corrected chi connectivity index (χ0v) is 10.7. The molecule has 17 heavy (non-hydrogen) atoms. The topological polar surface area (TPSA) is 75.6 Å². The molecule has 1 fully saturated rings. The zero-order valence-electron chi connectivity index (χ0n) is 10.7. The van der Waals surface area contributed by atoms with E-state index >= 15 is 0 Å². The fourth-order valence-corrected chi connectivity index (χ4v) is 1.60. The Morgan fingerprint density at radius 2 is 2.00 bits per heavy atom. The van der Waals surface area contributed by atoms with Crippen molar-refractivity contribution >= 4 is 11.9 Å². The summed E-state index contributed by atoms with van der Waals surface area (Å²) in [6, 6.07) is 0. The Morgan fingerprint density at radius 1 is 1.41 bits per heavy atom. The lowest BCUT2D eigenvalue weighted by atomic mass is 9.92. The van der Waals surface area contributed by atoms with Gasteiger partial charge in [0, 0.05) is 20.3 Å². The number of hydrogen-bond donors (Lipinski definition) is 2. The normalized spacial score (nSPS) is 17.6. The van der Waals surface area contributed by atoms with Gasteiger partial charge in [0.2, 0.25) is 5.91 Å². The summed E-state index contributed by atoms with van der Waals surface area (Å²) in [6.45, 7) is 4.06. The summed E-state index contributed by atoms with van der Waals surface area (Å²) >= 11 is 0. The second-order valence-corrected chi connectivity index (χ2v) is 5.36. The lowest BCUT2D eigenvalue weighted by molar-refractivity contribution is -0.153. The Kier molecular flexibility index (Phi) is 4.14. The first-order chi connectivity index (χ1) is 7.84. The van der Waals surface area contributed by atoms with Crippen LogP contribution in [0.1, 0.15) is 33.1 Å². The molecular formula is C12H21NO4. The van der Waals surface area contributed by atoms with Gasteiger partial charge in [0.25, 0.3) is 0 Å². The van der Waals surface area contributed by atoms with Gasteiger partial charge in [0.05, 0.1) is 0 Å². The van der Waals surface area contributed by atoms with E-state index in [-0.39, 0.29) is 5.41 Å². The quantitative estimate of drug-likeness (QED) is 0.655. The molecule has 0 aromatic carbocycles. The maximum absolute atomic E-state index is 11.7. The van der Waals surface area contributed by atoms with Gasteiger partial charge in [-0.2, -0.15) is 0 Å². The molecule has 2 N–H and O–H groups in total. The van der Waals surface area contributed by atoms with Gasteiger partial charge < -0.3 is 15.2 Å². The highest BCUT2D eigenvalue weighted by Gasteiger charge is 2.44. The van der Waals surface area contributed by atoms with Gasteiger partial charge in [0.15, 0.2) is 0 Å². The van der Waals surface area contributed by atoms with Gasteiger partial charge in [-0.25, -0.2) is 0 Å². The monoisotopic (exact) mass is 243 g/mol. The lowest BCUT2D eigenvalue weighted by Crippen LogP contribution is -2.44. The predicted octanol–water partition coefficient (Wildman–Crippen LogP) is 1.03. The number of carbonyl (C=O) groups is 2. The number of carboxylic acid groups (broad SMARTS) is 1. The second kappa shape index (κ2) is 5.04. The van der Waals surface area contributed by atoms with Crippen molar-refractivity contribution in [3.05, 3.63) is 0 Å². The highest BCUT2D eigenvalue weighted by molar-refractivity contribution is 6.00. The minimum Gasteiger partial charge on any atom is -0.480 e. The zero-order chi connectivity index (χ0) is 13.1. The van der Waals surface area contributed by atoms with Crippen LogP contribution < -0.4 is 5.32 Å². The summed E-state index contributed by atoms with van der Waals surface area (Å²) in [6.07, 6.45) is 3.06. The van der Waals surface area contributed by atoms with Crippen molar-refractivity contribution in [2.24, 2.45) is 10.8 Å². The van der Waals surface area contributed by atoms with Crippen LogP contribution >= 0.6 is 0 Å². The predicted molar refractivity (Wildman–Crippen MR) is 62.6 cm³/mol. The Bertz CT molecular complexity index is 308. The molecule has 1 saturated carbocycles. The van der Waals surface area contributed by atoms with Gasteiger partial charge in [0.1, 0.15) is 5.41 Å². The fraction of sp³-hybridized carbons (Fsp3) is 0.833. The highest BCUT2D eigenvalue weighted by Crippen LogP contribution is 2.48. The molecule has 1 rings (SSSR count). The number of ether oxygens (including phenoxy) is 1. The molecule has 5 heteroatoms. The molecule has 0 bridgehead atoms. The number of hydrogen-bond acceptors (Lipinski definition) is 3. The molecule has 0 saturated heterocycles. The minimum absolute atomic E-state index is 0.139. The summed E-state index contributed by atoms with van der Waals surface area (Å²) in [4.78, 5) is 22.6. The Hall–Kier alpha value is -1.10. The van der Waals surface area contributed by atoms with E-state index in [1.165, 1.54) is 13.8 Å². The van der Waals surface area contributed by atoms with Crippen LogP contribution in [0.3, 0.4) is 0 Å². The van der Waals surface area contributed by atoms with Crippen LogP contribution in [-0.2, 0) is 14.3 Å². The van der Waals surface area contributed by atoms with Crippen LogP contribution in [0.15, 0.2) is 0 Å². The van der Waals surface area contributed by atoms with E-state index < -0.39 is 17.3 Å². The van der Waals surface area contributed by atoms with Crippen LogP contribution in [0.25, 0.3) is 0 Å². The molecule has 5 nitrogen and oxygen atoms in total. The lowest BCUT2D eigenvalue weighted by Gasteiger charge is -2.21. The molecule has 0 aromatic rings. The third kappa shape index (κ3) is 3.43. The van der Waals surface area contributed by atoms with Gasteiger partial charge in [-0.15, -0.1) is 0 Å². The van der Waals surface area contributed by atoms with Crippen LogP contribution in [-0.4, -0.2) is 37.2 Å². The third-order valence-corrected chi connectivity index (χ3v) is 3.52. The number of nitrogens with one attached hydrogen (secondary N) is 1. The van der Waals surface area contributed by atoms with Gasteiger partial charge in [-0.3, -0.25) is 9.59 Å². The smallest absolute Gasteiger partial charge is 0.318 e. The number of methoxy groups -OCH3 is 1. The van der Waals surface area contributed by atoms with E-state index in [4.69, 9.17) is 9.84 Å². The van der Waals surface area contributed by atoms with E-state index in [0.29, 0.717) is 13.2 Å². The van der Waals surface area contributed by atoms with E-state index in [1.807, 2.05) is 0 Å². The van der Waals surface area contributed by atoms with Crippen molar-refractivity contribution in [1.29, 1.82) is 0 Å². The summed E-state index contributed by atoms with van der Waals surface area (Å²) in [7, 11) is 1.65. The average molecular weight is 243 g/mol. The molecule has 1 aliphatic carbocycles. The van der Waals surface area contributed by atoms with Crippen molar-refractivity contribution in [3.8, 4) is 0 Å². The summed E-state index contributed by atoms with van der Waals surface area (Å²) in [5, 5.41) is 11.7. The summed E-state index contributed by atoms with van der Waals surface area (Å²) in [5.74, 6) is -1.52. The first-order valence-electron chi connectivity index (χ1n) is 5.85. The molecule has 0 aliphatic heterocycles. The molecule has 1 amide bonds. The van der Waals surface area contributed by atoms with Crippen LogP contribution in [0.5, 0.6) is 0 Å². The maximum Gasteiger partial charge on any atom is 0.318 e. The molecule has 0 heterocycles. The summed E-state index contributed by atoms with van der Waals surface area (Å²) in [5.41, 5.74) is -1.22. The standard InChI is InChI=1S/C12H21NO4/c1-11(2,10(15)16)9(14)13-8-12(4-5-12)6-7-17-3/h4-8H2,1-3H3,(H,13,14)(H,15,16). The molecule has 0 unspecified atom stereocenters. The van der Waals surface area contributed by atoms with Gasteiger partial charge in [-0.1, -0.05) is 0 Å². The number of carboxylic acids is 1. The van der Waals surface area contributed by atoms with Gasteiger partial charge in [-0.05, 0) is 38.5 Å². The third-order valence-electron chi connectivity index (χ3n) is 3.52. The molecule has 0 radical (unpaired) electrons.